The van der Waals surface area contributed by atoms with Gasteiger partial charge in [-0.05, 0) is 39.0 Å². The molecule has 1 nitrogen and oxygen atoms in total. The number of thioether (sulfide) groups is 1. The second-order valence-corrected chi connectivity index (χ2v) is 6.59. The SMILES string of the molecule is NC(CSc1ccccc1Cl)c1cscc1Br. The molecule has 1 aromatic carbocycles. The Hall–Kier alpha value is -0.000000000000000111. The number of thiophene rings is 1. The van der Waals surface area contributed by atoms with Gasteiger partial charge in [-0.1, -0.05) is 23.7 Å². The monoisotopic (exact) mass is 347 g/mol. The highest BCUT2D eigenvalue weighted by Crippen LogP contribution is 2.32. The Kier molecular flexibility index (Phi) is 4.94. The predicted octanol–water partition coefficient (Wildman–Crippen LogP) is 4.96. The summed E-state index contributed by atoms with van der Waals surface area (Å²) in [5, 5.41) is 4.92. The van der Waals surface area contributed by atoms with Gasteiger partial charge >= 0.3 is 0 Å². The van der Waals surface area contributed by atoms with Gasteiger partial charge in [-0.3, -0.25) is 0 Å². The molecule has 0 bridgehead atoms. The number of nitrogens with two attached hydrogens (primary N) is 1. The molecule has 0 saturated heterocycles. The molecule has 2 aromatic rings. The van der Waals surface area contributed by atoms with Crippen LogP contribution < -0.4 is 5.73 Å². The Morgan fingerprint density at radius 1 is 1.35 bits per heavy atom. The Bertz CT molecular complexity index is 501. The second-order valence-electron chi connectivity index (χ2n) is 3.52. The minimum atomic E-state index is 0.0249. The lowest BCUT2D eigenvalue weighted by Crippen LogP contribution is -2.12. The van der Waals surface area contributed by atoms with Gasteiger partial charge in [0.25, 0.3) is 0 Å². The number of rotatable bonds is 4. The van der Waals surface area contributed by atoms with Crippen LogP contribution >= 0.6 is 50.6 Å². The van der Waals surface area contributed by atoms with E-state index in [4.69, 9.17) is 17.3 Å². The molecule has 1 heterocycles. The van der Waals surface area contributed by atoms with Crippen LogP contribution in [0.5, 0.6) is 0 Å². The molecule has 0 aliphatic heterocycles. The standard InChI is InChI=1S/C12H11BrClNS2/c13-9-6-16-5-8(9)11(15)7-17-12-4-2-1-3-10(12)14/h1-6,11H,7,15H2. The molecule has 2 rings (SSSR count). The molecule has 90 valence electrons. The Morgan fingerprint density at radius 2 is 2.12 bits per heavy atom. The molecule has 2 N–H and O–H groups in total. The van der Waals surface area contributed by atoms with Gasteiger partial charge in [-0.25, -0.2) is 0 Å². The highest BCUT2D eigenvalue weighted by molar-refractivity contribution is 9.10. The lowest BCUT2D eigenvalue weighted by atomic mass is 10.2. The molecule has 0 fully saturated rings. The van der Waals surface area contributed by atoms with Crippen LogP contribution in [0.3, 0.4) is 0 Å². The van der Waals surface area contributed by atoms with Crippen LogP contribution in [-0.4, -0.2) is 5.75 Å². The molecule has 0 radical (unpaired) electrons. The third-order valence-corrected chi connectivity index (χ3v) is 5.68. The molecule has 0 aliphatic carbocycles. The molecule has 5 heteroatoms. The summed E-state index contributed by atoms with van der Waals surface area (Å²) in [5.74, 6) is 0.819. The van der Waals surface area contributed by atoms with Crippen molar-refractivity contribution < 1.29 is 0 Å². The van der Waals surface area contributed by atoms with Crippen LogP contribution in [0.25, 0.3) is 0 Å². The Balaban J connectivity index is 2.00. The molecule has 0 spiro atoms. The zero-order valence-corrected chi connectivity index (χ0v) is 12.9. The molecular weight excluding hydrogens is 338 g/mol. The molecule has 17 heavy (non-hydrogen) atoms. The van der Waals surface area contributed by atoms with Crippen molar-refractivity contribution in [3.05, 3.63) is 50.1 Å². The quantitative estimate of drug-likeness (QED) is 0.791. The molecule has 1 unspecified atom stereocenters. The first kappa shape index (κ1) is 13.4. The maximum atomic E-state index is 6.15. The van der Waals surface area contributed by atoms with E-state index in [1.54, 1.807) is 23.1 Å². The van der Waals surface area contributed by atoms with Crippen LogP contribution in [0, 0.1) is 0 Å². The largest absolute Gasteiger partial charge is 0.323 e. The van der Waals surface area contributed by atoms with E-state index >= 15 is 0 Å². The summed E-state index contributed by atoms with van der Waals surface area (Å²) in [6.45, 7) is 0. The predicted molar refractivity (Wildman–Crippen MR) is 81.1 cm³/mol. The summed E-state index contributed by atoms with van der Waals surface area (Å²) in [7, 11) is 0. The average molecular weight is 349 g/mol. The van der Waals surface area contributed by atoms with Gasteiger partial charge in [-0.15, -0.1) is 11.8 Å². The molecule has 0 saturated carbocycles. The van der Waals surface area contributed by atoms with Gasteiger partial charge in [0, 0.05) is 26.5 Å². The van der Waals surface area contributed by atoms with Gasteiger partial charge in [-0.2, -0.15) is 11.3 Å². The van der Waals surface area contributed by atoms with Crippen molar-refractivity contribution in [3.8, 4) is 0 Å². The van der Waals surface area contributed by atoms with Gasteiger partial charge in [0.1, 0.15) is 0 Å². The van der Waals surface area contributed by atoms with E-state index in [1.807, 2.05) is 24.3 Å². The van der Waals surface area contributed by atoms with Crippen molar-refractivity contribution in [2.24, 2.45) is 5.73 Å². The smallest absolute Gasteiger partial charge is 0.0541 e. The first-order valence-electron chi connectivity index (χ1n) is 5.03. The highest BCUT2D eigenvalue weighted by Gasteiger charge is 2.11. The fourth-order valence-corrected chi connectivity index (χ4v) is 4.26. The lowest BCUT2D eigenvalue weighted by molar-refractivity contribution is 0.831. The summed E-state index contributed by atoms with van der Waals surface area (Å²) in [5.41, 5.74) is 7.31. The number of halogens is 2. The summed E-state index contributed by atoms with van der Waals surface area (Å²) in [4.78, 5) is 1.08. The third kappa shape index (κ3) is 3.48. The van der Waals surface area contributed by atoms with Gasteiger partial charge in [0.2, 0.25) is 0 Å². The van der Waals surface area contributed by atoms with Gasteiger partial charge in [0.05, 0.1) is 5.02 Å². The minimum absolute atomic E-state index is 0.0249. The third-order valence-electron chi connectivity index (χ3n) is 2.30. The van der Waals surface area contributed by atoms with E-state index in [-0.39, 0.29) is 6.04 Å². The Morgan fingerprint density at radius 3 is 2.76 bits per heavy atom. The molecule has 0 aliphatic rings. The van der Waals surface area contributed by atoms with Crippen molar-refractivity contribution in [2.75, 3.05) is 5.75 Å². The maximum absolute atomic E-state index is 6.15. The Labute approximate surface area is 122 Å². The van der Waals surface area contributed by atoms with Crippen molar-refractivity contribution in [1.29, 1.82) is 0 Å². The molecule has 1 atom stereocenters. The maximum Gasteiger partial charge on any atom is 0.0541 e. The number of hydrogen-bond donors (Lipinski definition) is 1. The molecule has 0 amide bonds. The summed E-state index contributed by atoms with van der Waals surface area (Å²) in [6.07, 6.45) is 0. The van der Waals surface area contributed by atoms with Gasteiger partial charge < -0.3 is 5.73 Å². The fraction of sp³-hybridized carbons (Fsp3) is 0.167. The van der Waals surface area contributed by atoms with Crippen LogP contribution in [0.2, 0.25) is 5.02 Å². The topological polar surface area (TPSA) is 26.0 Å². The van der Waals surface area contributed by atoms with Gasteiger partial charge in [0.15, 0.2) is 0 Å². The lowest BCUT2D eigenvalue weighted by Gasteiger charge is -2.11. The second kappa shape index (κ2) is 6.25. The average Bonchev–Trinajstić information content (AvgIpc) is 2.74. The summed E-state index contributed by atoms with van der Waals surface area (Å²) < 4.78 is 1.09. The number of benzene rings is 1. The minimum Gasteiger partial charge on any atom is -0.323 e. The first-order chi connectivity index (χ1) is 8.18. The van der Waals surface area contributed by atoms with Crippen LogP contribution in [-0.2, 0) is 0 Å². The zero-order chi connectivity index (χ0) is 12.3. The molecule has 1 aromatic heterocycles. The van der Waals surface area contributed by atoms with E-state index in [0.29, 0.717) is 0 Å². The van der Waals surface area contributed by atoms with Crippen LogP contribution in [0.4, 0.5) is 0 Å². The van der Waals surface area contributed by atoms with Crippen molar-refractivity contribution in [2.45, 2.75) is 10.9 Å². The van der Waals surface area contributed by atoms with Crippen molar-refractivity contribution in [1.82, 2.24) is 0 Å². The van der Waals surface area contributed by atoms with Crippen LogP contribution in [0.1, 0.15) is 11.6 Å². The fourth-order valence-electron chi connectivity index (χ4n) is 1.39. The van der Waals surface area contributed by atoms with Crippen molar-refractivity contribution in [3.63, 3.8) is 0 Å². The normalized spacial score (nSPS) is 12.6. The van der Waals surface area contributed by atoms with E-state index in [1.165, 1.54) is 0 Å². The van der Waals surface area contributed by atoms with E-state index in [0.717, 1.165) is 25.7 Å². The van der Waals surface area contributed by atoms with E-state index in [9.17, 15) is 0 Å². The highest BCUT2D eigenvalue weighted by atomic mass is 79.9. The zero-order valence-electron chi connectivity index (χ0n) is 8.90. The first-order valence-corrected chi connectivity index (χ1v) is 8.13. The summed E-state index contributed by atoms with van der Waals surface area (Å²) in [6, 6.07) is 7.86. The van der Waals surface area contributed by atoms with E-state index < -0.39 is 0 Å². The van der Waals surface area contributed by atoms with Crippen LogP contribution in [0.15, 0.2) is 44.4 Å². The van der Waals surface area contributed by atoms with E-state index in [2.05, 4.69) is 26.7 Å². The number of hydrogen-bond acceptors (Lipinski definition) is 3. The molecular formula is C12H11BrClNS2. The van der Waals surface area contributed by atoms with Crippen molar-refractivity contribution >= 4 is 50.6 Å². The summed E-state index contributed by atoms with van der Waals surface area (Å²) >= 11 is 12.9.